The number of nitrogens with zero attached hydrogens (tertiary/aromatic N) is 1. The van der Waals surface area contributed by atoms with Crippen molar-refractivity contribution in [2.75, 3.05) is 5.32 Å². The van der Waals surface area contributed by atoms with Gasteiger partial charge in [-0.3, -0.25) is 15.1 Å². The lowest BCUT2D eigenvalue weighted by atomic mass is 10.2. The molecule has 6 heteroatoms. The Labute approximate surface area is 98.9 Å². The number of carbonyl (C=O) groups excluding carboxylic acids is 1. The van der Waals surface area contributed by atoms with Crippen molar-refractivity contribution in [3.63, 3.8) is 0 Å². The van der Waals surface area contributed by atoms with E-state index in [1.807, 2.05) is 6.08 Å². The molecular formula is C11H16N4O2. The zero-order valence-corrected chi connectivity index (χ0v) is 9.69. The topological polar surface area (TPSA) is 101 Å². The summed E-state index contributed by atoms with van der Waals surface area (Å²) in [5, 5.41) is 2.23. The van der Waals surface area contributed by atoms with Crippen LogP contribution < -0.4 is 16.6 Å². The molecule has 0 unspecified atom stereocenters. The first kappa shape index (κ1) is 13.0. The van der Waals surface area contributed by atoms with Gasteiger partial charge < -0.3 is 5.73 Å². The number of anilines is 1. The number of urea groups is 1. The smallest absolute Gasteiger partial charge is 0.318 e. The second-order valence-electron chi connectivity index (χ2n) is 3.55. The van der Waals surface area contributed by atoms with Crippen LogP contribution in [0.5, 0.6) is 0 Å². The molecule has 0 bridgehead atoms. The normalized spacial score (nSPS) is 10.6. The van der Waals surface area contributed by atoms with Crippen LogP contribution in [0.4, 0.5) is 10.7 Å². The minimum absolute atomic E-state index is 0.0557. The molecular weight excluding hydrogens is 220 g/mol. The minimum atomic E-state index is -0.764. The van der Waals surface area contributed by atoms with E-state index in [1.54, 1.807) is 6.08 Å². The molecule has 0 spiro atoms. The van der Waals surface area contributed by atoms with Crippen LogP contribution >= 0.6 is 0 Å². The van der Waals surface area contributed by atoms with Crippen molar-refractivity contribution in [2.45, 2.75) is 26.2 Å². The van der Waals surface area contributed by atoms with Gasteiger partial charge in [0.15, 0.2) is 0 Å². The number of aromatic nitrogens is 2. The van der Waals surface area contributed by atoms with Gasteiger partial charge in [0, 0.05) is 6.07 Å². The molecule has 1 heterocycles. The number of aromatic amines is 1. The highest BCUT2D eigenvalue weighted by molar-refractivity contribution is 5.85. The number of allylic oxidation sites excluding steroid dienone is 1. The summed E-state index contributed by atoms with van der Waals surface area (Å²) in [4.78, 5) is 28.3. The molecule has 0 saturated heterocycles. The van der Waals surface area contributed by atoms with E-state index in [4.69, 9.17) is 5.73 Å². The highest BCUT2D eigenvalue weighted by atomic mass is 16.2. The molecule has 0 atom stereocenters. The number of unbranched alkanes of at least 4 members (excludes halogenated alkanes) is 2. The van der Waals surface area contributed by atoms with Gasteiger partial charge in [0.2, 0.25) is 5.95 Å². The predicted octanol–water partition coefficient (Wildman–Crippen LogP) is 1.46. The van der Waals surface area contributed by atoms with Crippen molar-refractivity contribution < 1.29 is 4.79 Å². The zero-order valence-electron chi connectivity index (χ0n) is 9.69. The summed E-state index contributed by atoms with van der Waals surface area (Å²) >= 11 is 0. The Morgan fingerprint density at radius 1 is 1.65 bits per heavy atom. The quantitative estimate of drug-likeness (QED) is 0.674. The molecule has 1 aromatic heterocycles. The molecule has 4 N–H and O–H groups in total. The molecule has 0 fully saturated rings. The summed E-state index contributed by atoms with van der Waals surface area (Å²) in [5.74, 6) is 0.0557. The summed E-state index contributed by atoms with van der Waals surface area (Å²) in [5.41, 5.74) is 5.09. The lowest BCUT2D eigenvalue weighted by Crippen LogP contribution is -2.23. The molecule has 2 amide bonds. The van der Waals surface area contributed by atoms with Crippen LogP contribution in [0, 0.1) is 0 Å². The summed E-state index contributed by atoms with van der Waals surface area (Å²) in [6, 6.07) is 0.592. The summed E-state index contributed by atoms with van der Waals surface area (Å²) in [7, 11) is 0. The molecule has 6 nitrogen and oxygen atoms in total. The maximum Gasteiger partial charge on any atom is 0.318 e. The van der Waals surface area contributed by atoms with Crippen LogP contribution in [0.2, 0.25) is 0 Å². The van der Waals surface area contributed by atoms with E-state index in [1.165, 1.54) is 6.07 Å². The van der Waals surface area contributed by atoms with Gasteiger partial charge in [-0.25, -0.2) is 9.78 Å². The first-order chi connectivity index (χ1) is 8.11. The number of carbonyl (C=O) groups is 1. The van der Waals surface area contributed by atoms with E-state index in [-0.39, 0.29) is 11.5 Å². The van der Waals surface area contributed by atoms with Gasteiger partial charge in [-0.15, -0.1) is 0 Å². The first-order valence-electron chi connectivity index (χ1n) is 5.46. The third-order valence-corrected chi connectivity index (χ3v) is 2.02. The van der Waals surface area contributed by atoms with E-state index in [0.29, 0.717) is 5.69 Å². The van der Waals surface area contributed by atoms with Crippen molar-refractivity contribution in [3.8, 4) is 0 Å². The average Bonchev–Trinajstić information content (AvgIpc) is 2.22. The van der Waals surface area contributed by atoms with Gasteiger partial charge >= 0.3 is 6.03 Å². The molecule has 0 aromatic carbocycles. The number of hydrogen-bond acceptors (Lipinski definition) is 3. The Morgan fingerprint density at radius 3 is 3.06 bits per heavy atom. The fourth-order valence-electron chi connectivity index (χ4n) is 1.26. The zero-order chi connectivity index (χ0) is 12.7. The number of amides is 2. The molecule has 0 radical (unpaired) electrons. The van der Waals surface area contributed by atoms with Gasteiger partial charge in [-0.05, 0) is 12.5 Å². The van der Waals surface area contributed by atoms with Crippen molar-refractivity contribution in [1.29, 1.82) is 0 Å². The molecule has 0 saturated carbocycles. The number of hydrogen-bond donors (Lipinski definition) is 3. The van der Waals surface area contributed by atoms with Crippen molar-refractivity contribution in [3.05, 3.63) is 28.2 Å². The van der Waals surface area contributed by atoms with Gasteiger partial charge in [0.1, 0.15) is 0 Å². The maximum atomic E-state index is 11.3. The van der Waals surface area contributed by atoms with Crippen LogP contribution in [0.15, 0.2) is 16.9 Å². The van der Waals surface area contributed by atoms with Gasteiger partial charge in [-0.2, -0.15) is 0 Å². The Kier molecular flexibility index (Phi) is 4.93. The van der Waals surface area contributed by atoms with E-state index in [0.717, 1.165) is 19.3 Å². The van der Waals surface area contributed by atoms with Gasteiger partial charge in [0.25, 0.3) is 5.56 Å². The second-order valence-corrected chi connectivity index (χ2v) is 3.55. The largest absolute Gasteiger partial charge is 0.351 e. The lowest BCUT2D eigenvalue weighted by Gasteiger charge is -2.00. The SMILES string of the molecule is CCCCC=Cc1cc(=O)[nH]c(NC(N)=O)n1. The van der Waals surface area contributed by atoms with Crippen LogP contribution in [0.3, 0.4) is 0 Å². The van der Waals surface area contributed by atoms with E-state index in [2.05, 4.69) is 22.2 Å². The average molecular weight is 236 g/mol. The molecule has 92 valence electrons. The standard InChI is InChI=1S/C11H16N4O2/c1-2-3-4-5-6-8-7-9(16)14-11(13-8)15-10(12)17/h5-7H,2-4H2,1H3,(H4,12,13,14,15,16,17). The summed E-state index contributed by atoms with van der Waals surface area (Å²) in [6.07, 6.45) is 6.83. The maximum absolute atomic E-state index is 11.3. The predicted molar refractivity (Wildman–Crippen MR) is 66.6 cm³/mol. The third kappa shape index (κ3) is 4.96. The molecule has 1 rings (SSSR count). The highest BCUT2D eigenvalue weighted by Crippen LogP contribution is 2.02. The fraction of sp³-hybridized carbons (Fsp3) is 0.364. The number of H-pyrrole nitrogens is 1. The Morgan fingerprint density at radius 2 is 2.41 bits per heavy atom. The molecule has 0 aliphatic rings. The molecule has 0 aliphatic heterocycles. The Balaban J connectivity index is 2.78. The number of rotatable bonds is 5. The lowest BCUT2D eigenvalue weighted by molar-refractivity contribution is 0.259. The van der Waals surface area contributed by atoms with Crippen molar-refractivity contribution >= 4 is 18.1 Å². The first-order valence-corrected chi connectivity index (χ1v) is 5.46. The third-order valence-electron chi connectivity index (χ3n) is 2.02. The fourth-order valence-corrected chi connectivity index (χ4v) is 1.26. The van der Waals surface area contributed by atoms with E-state index >= 15 is 0 Å². The van der Waals surface area contributed by atoms with Gasteiger partial charge in [-0.1, -0.05) is 25.8 Å². The van der Waals surface area contributed by atoms with Crippen LogP contribution in [0.1, 0.15) is 31.9 Å². The van der Waals surface area contributed by atoms with Crippen molar-refractivity contribution in [2.24, 2.45) is 5.73 Å². The molecule has 0 aliphatic carbocycles. The van der Waals surface area contributed by atoms with Crippen LogP contribution in [-0.2, 0) is 0 Å². The number of primary amides is 1. The minimum Gasteiger partial charge on any atom is -0.351 e. The molecule has 1 aromatic rings. The van der Waals surface area contributed by atoms with Gasteiger partial charge in [0.05, 0.1) is 5.69 Å². The number of nitrogens with two attached hydrogens (primary N) is 1. The van der Waals surface area contributed by atoms with Crippen molar-refractivity contribution in [1.82, 2.24) is 9.97 Å². The Bertz CT molecular complexity index is 465. The molecule has 17 heavy (non-hydrogen) atoms. The highest BCUT2D eigenvalue weighted by Gasteiger charge is 2.00. The summed E-state index contributed by atoms with van der Waals surface area (Å²) < 4.78 is 0. The van der Waals surface area contributed by atoms with E-state index in [9.17, 15) is 9.59 Å². The second kappa shape index (κ2) is 6.47. The van der Waals surface area contributed by atoms with Crippen LogP contribution in [0.25, 0.3) is 6.08 Å². The summed E-state index contributed by atoms with van der Waals surface area (Å²) in [6.45, 7) is 2.11. The van der Waals surface area contributed by atoms with Crippen LogP contribution in [-0.4, -0.2) is 16.0 Å². The van der Waals surface area contributed by atoms with E-state index < -0.39 is 6.03 Å². The Hall–Kier alpha value is -2.11. The monoisotopic (exact) mass is 236 g/mol. The number of nitrogens with one attached hydrogen (secondary N) is 2.